The van der Waals surface area contributed by atoms with Crippen LogP contribution in [0.5, 0.6) is 0 Å². The average Bonchev–Trinajstić information content (AvgIpc) is 2.75. The van der Waals surface area contributed by atoms with Crippen molar-refractivity contribution in [3.8, 4) is 0 Å². The van der Waals surface area contributed by atoms with E-state index in [9.17, 15) is 19.7 Å². The summed E-state index contributed by atoms with van der Waals surface area (Å²) >= 11 is 7.13. The fourth-order valence-electron chi connectivity index (χ4n) is 2.86. The molecular formula is C20H19ClN4O5S. The van der Waals surface area contributed by atoms with Crippen LogP contribution >= 0.6 is 23.4 Å². The van der Waals surface area contributed by atoms with Crippen LogP contribution in [0.2, 0.25) is 5.02 Å². The zero-order valence-electron chi connectivity index (χ0n) is 16.5. The molecule has 1 amide bonds. The van der Waals surface area contributed by atoms with Gasteiger partial charge < -0.3 is 10.1 Å². The molecule has 0 aliphatic carbocycles. The second kappa shape index (κ2) is 10.4. The first kappa shape index (κ1) is 22.7. The number of methoxy groups -OCH3 is 1. The third-order valence-corrected chi connectivity index (χ3v) is 5.63. The van der Waals surface area contributed by atoms with E-state index in [0.717, 1.165) is 11.8 Å². The molecule has 0 fully saturated rings. The molecule has 0 spiro atoms. The molecule has 1 heterocycles. The number of para-hydroxylation sites is 1. The highest BCUT2D eigenvalue weighted by Crippen LogP contribution is 2.27. The predicted octanol–water partition coefficient (Wildman–Crippen LogP) is 3.73. The fraction of sp³-hybridized carbons (Fsp3) is 0.250. The fourth-order valence-corrected chi connectivity index (χ4v) is 3.85. The summed E-state index contributed by atoms with van der Waals surface area (Å²) < 4.78 is 6.59. The van der Waals surface area contributed by atoms with E-state index >= 15 is 0 Å². The minimum Gasteiger partial charge on any atom is -0.385 e. The van der Waals surface area contributed by atoms with Gasteiger partial charge in [0.25, 0.3) is 11.2 Å². The summed E-state index contributed by atoms with van der Waals surface area (Å²) in [7, 11) is 1.58. The van der Waals surface area contributed by atoms with Crippen molar-refractivity contribution < 1.29 is 14.5 Å². The molecule has 0 aliphatic heterocycles. The molecule has 1 aromatic heterocycles. The number of rotatable bonds is 9. The van der Waals surface area contributed by atoms with E-state index in [2.05, 4.69) is 10.3 Å². The van der Waals surface area contributed by atoms with Gasteiger partial charge in [-0.3, -0.25) is 24.3 Å². The van der Waals surface area contributed by atoms with Gasteiger partial charge in [0.15, 0.2) is 5.16 Å². The van der Waals surface area contributed by atoms with Gasteiger partial charge in [0, 0.05) is 32.4 Å². The van der Waals surface area contributed by atoms with Gasteiger partial charge >= 0.3 is 0 Å². The van der Waals surface area contributed by atoms with Crippen molar-refractivity contribution >= 4 is 51.5 Å². The molecule has 0 aliphatic rings. The van der Waals surface area contributed by atoms with Gasteiger partial charge in [-0.1, -0.05) is 35.5 Å². The van der Waals surface area contributed by atoms with Crippen molar-refractivity contribution in [2.45, 2.75) is 18.1 Å². The number of hydrogen-bond donors (Lipinski definition) is 1. The molecule has 11 heteroatoms. The smallest absolute Gasteiger partial charge is 0.271 e. The minimum atomic E-state index is -0.571. The zero-order chi connectivity index (χ0) is 22.4. The molecule has 0 atom stereocenters. The van der Waals surface area contributed by atoms with Crippen molar-refractivity contribution in [3.05, 3.63) is 68.0 Å². The number of hydrogen-bond acceptors (Lipinski definition) is 7. The van der Waals surface area contributed by atoms with Crippen LogP contribution in [-0.2, 0) is 16.1 Å². The molecule has 1 N–H and O–H groups in total. The Labute approximate surface area is 186 Å². The van der Waals surface area contributed by atoms with Crippen LogP contribution in [0.3, 0.4) is 0 Å². The highest BCUT2D eigenvalue weighted by Gasteiger charge is 2.15. The SMILES string of the molecule is COCCCn1c(SCC(=O)Nc2cc([N+](=O)[O-])ccc2Cl)nc2ccccc2c1=O. The predicted molar refractivity (Wildman–Crippen MR) is 120 cm³/mol. The number of ether oxygens (including phenoxy) is 1. The van der Waals surface area contributed by atoms with E-state index in [4.69, 9.17) is 16.3 Å². The summed E-state index contributed by atoms with van der Waals surface area (Å²) in [5.41, 5.74) is 0.312. The van der Waals surface area contributed by atoms with Crippen molar-refractivity contribution in [3.63, 3.8) is 0 Å². The number of thioether (sulfide) groups is 1. The van der Waals surface area contributed by atoms with E-state index in [1.54, 1.807) is 31.4 Å². The van der Waals surface area contributed by atoms with Gasteiger partial charge in [0.1, 0.15) is 0 Å². The van der Waals surface area contributed by atoms with Crippen molar-refractivity contribution in [2.75, 3.05) is 24.8 Å². The second-order valence-electron chi connectivity index (χ2n) is 6.47. The van der Waals surface area contributed by atoms with Crippen molar-refractivity contribution in [1.29, 1.82) is 0 Å². The van der Waals surface area contributed by atoms with E-state index in [0.29, 0.717) is 35.6 Å². The summed E-state index contributed by atoms with van der Waals surface area (Å²) in [6.07, 6.45) is 0.611. The normalized spacial score (nSPS) is 10.9. The minimum absolute atomic E-state index is 0.0614. The van der Waals surface area contributed by atoms with Gasteiger partial charge in [-0.05, 0) is 24.6 Å². The number of aromatic nitrogens is 2. The van der Waals surface area contributed by atoms with Crippen molar-refractivity contribution in [2.24, 2.45) is 0 Å². The lowest BCUT2D eigenvalue weighted by atomic mass is 10.2. The topological polar surface area (TPSA) is 116 Å². The lowest BCUT2D eigenvalue weighted by Crippen LogP contribution is -2.25. The average molecular weight is 463 g/mol. The number of nitrogens with one attached hydrogen (secondary N) is 1. The second-order valence-corrected chi connectivity index (χ2v) is 7.82. The lowest BCUT2D eigenvalue weighted by Gasteiger charge is -2.13. The number of carbonyl (C=O) groups excluding carboxylic acids is 1. The summed E-state index contributed by atoms with van der Waals surface area (Å²) in [6, 6.07) is 10.8. The van der Waals surface area contributed by atoms with E-state index < -0.39 is 10.8 Å². The number of carbonyl (C=O) groups is 1. The van der Waals surface area contributed by atoms with Crippen LogP contribution in [0.25, 0.3) is 10.9 Å². The number of anilines is 1. The third kappa shape index (κ3) is 5.60. The molecular weight excluding hydrogens is 444 g/mol. The maximum Gasteiger partial charge on any atom is 0.271 e. The number of non-ortho nitro benzene ring substituents is 1. The highest BCUT2D eigenvalue weighted by molar-refractivity contribution is 7.99. The lowest BCUT2D eigenvalue weighted by molar-refractivity contribution is -0.384. The van der Waals surface area contributed by atoms with E-state index in [-0.39, 0.29) is 27.7 Å². The van der Waals surface area contributed by atoms with Gasteiger partial charge in [-0.15, -0.1) is 0 Å². The first-order chi connectivity index (χ1) is 14.9. The zero-order valence-corrected chi connectivity index (χ0v) is 18.1. The van der Waals surface area contributed by atoms with E-state index in [1.807, 2.05) is 0 Å². The Balaban J connectivity index is 1.80. The Morgan fingerprint density at radius 2 is 2.10 bits per heavy atom. The molecule has 9 nitrogen and oxygen atoms in total. The molecule has 31 heavy (non-hydrogen) atoms. The third-order valence-electron chi connectivity index (χ3n) is 4.32. The van der Waals surface area contributed by atoms with Gasteiger partial charge in [-0.2, -0.15) is 0 Å². The van der Waals surface area contributed by atoms with Crippen LogP contribution < -0.4 is 10.9 Å². The van der Waals surface area contributed by atoms with E-state index in [1.165, 1.54) is 22.8 Å². The summed E-state index contributed by atoms with van der Waals surface area (Å²) in [4.78, 5) is 40.3. The van der Waals surface area contributed by atoms with Gasteiger partial charge in [0.05, 0.1) is 32.3 Å². The molecule has 0 unspecified atom stereocenters. The van der Waals surface area contributed by atoms with Crippen LogP contribution in [-0.4, -0.2) is 39.9 Å². The van der Waals surface area contributed by atoms with Crippen LogP contribution in [0.15, 0.2) is 52.4 Å². The van der Waals surface area contributed by atoms with Gasteiger partial charge in [-0.25, -0.2) is 4.98 Å². The molecule has 0 radical (unpaired) electrons. The Bertz CT molecular complexity index is 1180. The number of amides is 1. The standard InChI is InChI=1S/C20H19ClN4O5S/c1-30-10-4-9-24-19(27)14-5-2-3-6-16(14)23-20(24)31-12-18(26)22-17-11-13(25(28)29)7-8-15(17)21/h2-3,5-8,11H,4,9-10,12H2,1H3,(H,22,26). The maximum atomic E-state index is 12.9. The molecule has 3 aromatic rings. The Morgan fingerprint density at radius 1 is 1.32 bits per heavy atom. The first-order valence-corrected chi connectivity index (χ1v) is 10.6. The quantitative estimate of drug-likeness (QED) is 0.169. The number of benzene rings is 2. The Kier molecular flexibility index (Phi) is 7.61. The largest absolute Gasteiger partial charge is 0.385 e. The summed E-state index contributed by atoms with van der Waals surface area (Å²) in [5.74, 6) is -0.494. The molecule has 2 aromatic carbocycles. The van der Waals surface area contributed by atoms with Crippen LogP contribution in [0.4, 0.5) is 11.4 Å². The summed E-state index contributed by atoms with van der Waals surface area (Å²) in [6.45, 7) is 0.875. The number of nitro benzene ring substituents is 1. The van der Waals surface area contributed by atoms with Crippen molar-refractivity contribution in [1.82, 2.24) is 9.55 Å². The molecule has 3 rings (SSSR count). The molecule has 162 valence electrons. The Morgan fingerprint density at radius 3 is 2.84 bits per heavy atom. The van der Waals surface area contributed by atoms with Crippen LogP contribution in [0.1, 0.15) is 6.42 Å². The number of fused-ring (bicyclic) bond motifs is 1. The molecule has 0 saturated carbocycles. The van der Waals surface area contributed by atoms with Gasteiger partial charge in [0.2, 0.25) is 5.91 Å². The Hall–Kier alpha value is -2.95. The first-order valence-electron chi connectivity index (χ1n) is 9.26. The monoisotopic (exact) mass is 462 g/mol. The van der Waals surface area contributed by atoms with Crippen LogP contribution in [0, 0.1) is 10.1 Å². The maximum absolute atomic E-state index is 12.9. The molecule has 0 bridgehead atoms. The number of nitrogens with zero attached hydrogens (tertiary/aromatic N) is 3. The molecule has 0 saturated heterocycles. The number of halogens is 1. The number of nitro groups is 1. The summed E-state index contributed by atoms with van der Waals surface area (Å²) in [5, 5.41) is 14.6. The highest BCUT2D eigenvalue weighted by atomic mass is 35.5.